The van der Waals surface area contributed by atoms with Crippen molar-refractivity contribution in [2.24, 2.45) is 11.0 Å². The van der Waals surface area contributed by atoms with Crippen LogP contribution in [0.2, 0.25) is 0 Å². The number of hydrazone groups is 1. The Hall–Kier alpha value is -1.19. The smallest absolute Gasteiger partial charge is 0.291 e. The molecule has 0 aliphatic carbocycles. The molecule has 0 atom stereocenters. The Kier molecular flexibility index (Phi) is 1.53. The summed E-state index contributed by atoms with van der Waals surface area (Å²) in [4.78, 5) is 10.6. The van der Waals surface area contributed by atoms with Crippen molar-refractivity contribution < 1.29 is 4.79 Å². The Bertz CT molecular complexity index is 217. The van der Waals surface area contributed by atoms with Crippen LogP contribution in [0.3, 0.4) is 0 Å². The van der Waals surface area contributed by atoms with E-state index < -0.39 is 5.91 Å². The Morgan fingerprint density at radius 2 is 2.20 bits per heavy atom. The van der Waals surface area contributed by atoms with Crippen molar-refractivity contribution in [3.63, 3.8) is 0 Å². The van der Waals surface area contributed by atoms with Gasteiger partial charge in [0.15, 0.2) is 0 Å². The lowest BCUT2D eigenvalue weighted by atomic mass is 10.0. The molecule has 0 radical (unpaired) electrons. The SMILES string of the molecule is CC(C)C1=NNC(=O)C1=N. The van der Waals surface area contributed by atoms with Crippen LogP contribution in [0.5, 0.6) is 0 Å². The van der Waals surface area contributed by atoms with Crippen LogP contribution in [0.1, 0.15) is 13.8 Å². The number of carbonyl (C=O) groups is 1. The summed E-state index contributed by atoms with van der Waals surface area (Å²) in [6, 6.07) is 0. The van der Waals surface area contributed by atoms with E-state index in [0.29, 0.717) is 5.71 Å². The Labute approximate surface area is 58.8 Å². The molecule has 0 fully saturated rings. The fourth-order valence-electron chi connectivity index (χ4n) is 0.757. The summed E-state index contributed by atoms with van der Waals surface area (Å²) < 4.78 is 0. The Balaban J connectivity index is 2.82. The molecule has 1 amide bonds. The molecule has 0 unspecified atom stereocenters. The van der Waals surface area contributed by atoms with Gasteiger partial charge in [0.1, 0.15) is 5.71 Å². The third-order valence-corrected chi connectivity index (χ3v) is 1.31. The van der Waals surface area contributed by atoms with Gasteiger partial charge < -0.3 is 0 Å². The standard InChI is InChI=1S/C6H9N3O/c1-3(2)5-4(7)6(10)9-8-5/h3H,1-2H3,(H2,7,9,10). The summed E-state index contributed by atoms with van der Waals surface area (Å²) in [7, 11) is 0. The highest BCUT2D eigenvalue weighted by Crippen LogP contribution is 2.02. The van der Waals surface area contributed by atoms with Crippen LogP contribution in [0.25, 0.3) is 0 Å². The average molecular weight is 139 g/mol. The molecule has 0 saturated carbocycles. The first-order chi connectivity index (χ1) is 4.63. The molecule has 54 valence electrons. The molecule has 1 rings (SSSR count). The number of nitrogens with one attached hydrogen (secondary N) is 2. The van der Waals surface area contributed by atoms with E-state index in [4.69, 9.17) is 5.41 Å². The molecule has 0 bridgehead atoms. The highest BCUT2D eigenvalue weighted by Gasteiger charge is 2.24. The predicted molar refractivity (Wildman–Crippen MR) is 38.1 cm³/mol. The van der Waals surface area contributed by atoms with Crippen molar-refractivity contribution in [1.82, 2.24) is 5.43 Å². The molecule has 2 N–H and O–H groups in total. The van der Waals surface area contributed by atoms with Crippen LogP contribution in [0, 0.1) is 11.3 Å². The summed E-state index contributed by atoms with van der Waals surface area (Å²) in [6.07, 6.45) is 0. The number of carbonyl (C=O) groups excluding carboxylic acids is 1. The van der Waals surface area contributed by atoms with Crippen LogP contribution in [0.15, 0.2) is 5.10 Å². The number of rotatable bonds is 1. The second-order valence-electron chi connectivity index (χ2n) is 2.47. The third-order valence-electron chi connectivity index (χ3n) is 1.31. The summed E-state index contributed by atoms with van der Waals surface area (Å²) >= 11 is 0. The van der Waals surface area contributed by atoms with Gasteiger partial charge in [0, 0.05) is 0 Å². The normalized spacial score (nSPS) is 17.7. The average Bonchev–Trinajstić information content (AvgIpc) is 2.14. The van der Waals surface area contributed by atoms with E-state index in [1.54, 1.807) is 0 Å². The molecule has 4 heteroatoms. The molecule has 0 aromatic carbocycles. The fraction of sp³-hybridized carbons (Fsp3) is 0.500. The van der Waals surface area contributed by atoms with Gasteiger partial charge in [-0.2, -0.15) is 5.10 Å². The lowest BCUT2D eigenvalue weighted by molar-refractivity contribution is -0.114. The van der Waals surface area contributed by atoms with Gasteiger partial charge in [0.25, 0.3) is 5.91 Å². The maximum absolute atomic E-state index is 10.6. The summed E-state index contributed by atoms with van der Waals surface area (Å²) in [6.45, 7) is 3.79. The molecule has 0 saturated heterocycles. The topological polar surface area (TPSA) is 65.3 Å². The first-order valence-electron chi connectivity index (χ1n) is 3.09. The van der Waals surface area contributed by atoms with E-state index in [9.17, 15) is 4.79 Å². The monoisotopic (exact) mass is 139 g/mol. The Morgan fingerprint density at radius 1 is 1.60 bits per heavy atom. The van der Waals surface area contributed by atoms with Crippen molar-refractivity contribution in [1.29, 1.82) is 5.41 Å². The molecule has 10 heavy (non-hydrogen) atoms. The minimum Gasteiger partial charge on any atom is -0.294 e. The van der Waals surface area contributed by atoms with Crippen LogP contribution in [-0.4, -0.2) is 17.3 Å². The minimum absolute atomic E-state index is 0.00463. The quantitative estimate of drug-likeness (QED) is 0.533. The first-order valence-corrected chi connectivity index (χ1v) is 3.09. The number of hydrogen-bond donors (Lipinski definition) is 2. The zero-order chi connectivity index (χ0) is 7.72. The number of amides is 1. The zero-order valence-electron chi connectivity index (χ0n) is 5.93. The van der Waals surface area contributed by atoms with E-state index >= 15 is 0 Å². The first kappa shape index (κ1) is 6.92. The van der Waals surface area contributed by atoms with Crippen molar-refractivity contribution in [3.8, 4) is 0 Å². The van der Waals surface area contributed by atoms with Gasteiger partial charge in [-0.05, 0) is 5.92 Å². The van der Waals surface area contributed by atoms with Gasteiger partial charge in [-0.1, -0.05) is 13.8 Å². The molecule has 1 heterocycles. The lowest BCUT2D eigenvalue weighted by Gasteiger charge is -1.99. The van der Waals surface area contributed by atoms with Crippen molar-refractivity contribution in [3.05, 3.63) is 0 Å². The summed E-state index contributed by atoms with van der Waals surface area (Å²) in [5.74, 6) is -0.254. The maximum atomic E-state index is 10.6. The van der Waals surface area contributed by atoms with Gasteiger partial charge in [-0.15, -0.1) is 0 Å². The highest BCUT2D eigenvalue weighted by atomic mass is 16.2. The van der Waals surface area contributed by atoms with Gasteiger partial charge in [0.05, 0.1) is 5.71 Å². The molecular formula is C6H9N3O. The third kappa shape index (κ3) is 0.920. The van der Waals surface area contributed by atoms with Gasteiger partial charge >= 0.3 is 0 Å². The summed E-state index contributed by atoms with van der Waals surface area (Å²) in [5, 5.41) is 10.9. The van der Waals surface area contributed by atoms with Crippen LogP contribution in [-0.2, 0) is 4.79 Å². The maximum Gasteiger partial charge on any atom is 0.291 e. The van der Waals surface area contributed by atoms with Crippen molar-refractivity contribution in [2.45, 2.75) is 13.8 Å². The molecule has 1 aliphatic rings. The second-order valence-corrected chi connectivity index (χ2v) is 2.47. The molecule has 1 aliphatic heterocycles. The number of nitrogens with zero attached hydrogens (tertiary/aromatic N) is 1. The van der Waals surface area contributed by atoms with E-state index in [1.807, 2.05) is 13.8 Å². The van der Waals surface area contributed by atoms with Gasteiger partial charge in [-0.3, -0.25) is 10.2 Å². The number of hydrogen-bond acceptors (Lipinski definition) is 3. The van der Waals surface area contributed by atoms with Crippen LogP contribution < -0.4 is 5.43 Å². The second kappa shape index (κ2) is 2.21. The van der Waals surface area contributed by atoms with E-state index in [2.05, 4.69) is 10.5 Å². The summed E-state index contributed by atoms with van der Waals surface area (Å²) in [5.41, 5.74) is 2.77. The highest BCUT2D eigenvalue weighted by molar-refractivity contribution is 6.68. The van der Waals surface area contributed by atoms with Gasteiger partial charge in [-0.25, -0.2) is 5.43 Å². The van der Waals surface area contributed by atoms with Crippen molar-refractivity contribution in [2.75, 3.05) is 0 Å². The van der Waals surface area contributed by atoms with Gasteiger partial charge in [0.2, 0.25) is 0 Å². The molecular weight excluding hydrogens is 130 g/mol. The van der Waals surface area contributed by atoms with Crippen LogP contribution in [0.4, 0.5) is 0 Å². The van der Waals surface area contributed by atoms with E-state index in [-0.39, 0.29) is 11.6 Å². The fourth-order valence-corrected chi connectivity index (χ4v) is 0.757. The predicted octanol–water partition coefficient (Wildman–Crippen LogP) is 0.148. The van der Waals surface area contributed by atoms with E-state index in [0.717, 1.165) is 0 Å². The molecule has 0 spiro atoms. The molecule has 0 aromatic rings. The van der Waals surface area contributed by atoms with E-state index in [1.165, 1.54) is 0 Å². The van der Waals surface area contributed by atoms with Crippen LogP contribution >= 0.6 is 0 Å². The van der Waals surface area contributed by atoms with Crippen molar-refractivity contribution >= 4 is 17.3 Å². The minimum atomic E-state index is -0.399. The molecule has 4 nitrogen and oxygen atoms in total. The largest absolute Gasteiger partial charge is 0.294 e. The molecule has 0 aromatic heterocycles. The Morgan fingerprint density at radius 3 is 2.40 bits per heavy atom. The lowest BCUT2D eigenvalue weighted by Crippen LogP contribution is -2.24. The zero-order valence-corrected chi connectivity index (χ0v) is 5.93.